The molecule has 3 rings (SSSR count). The Morgan fingerprint density at radius 2 is 1.81 bits per heavy atom. The van der Waals surface area contributed by atoms with Gasteiger partial charge in [-0.2, -0.15) is 4.31 Å². The summed E-state index contributed by atoms with van der Waals surface area (Å²) in [5.74, 6) is -0.0911. The van der Waals surface area contributed by atoms with Crippen LogP contribution in [-0.2, 0) is 10.0 Å². The number of amides is 1. The second-order valence-corrected chi connectivity index (χ2v) is 9.47. The highest BCUT2D eigenvalue weighted by Crippen LogP contribution is 2.31. The Kier molecular flexibility index (Phi) is 7.42. The summed E-state index contributed by atoms with van der Waals surface area (Å²) < 4.78 is 33.1. The van der Waals surface area contributed by atoms with Gasteiger partial charge in [0.1, 0.15) is 20.5 Å². The maximum absolute atomic E-state index is 13.1. The highest BCUT2D eigenvalue weighted by molar-refractivity contribution is 7.89. The zero-order valence-corrected chi connectivity index (χ0v) is 19.3. The molecule has 1 amide bonds. The van der Waals surface area contributed by atoms with E-state index in [-0.39, 0.29) is 16.6 Å². The second kappa shape index (κ2) is 10.0. The van der Waals surface area contributed by atoms with Crippen molar-refractivity contribution in [3.63, 3.8) is 0 Å². The minimum atomic E-state index is -3.76. The van der Waals surface area contributed by atoms with Gasteiger partial charge < -0.3 is 10.1 Å². The fraction of sp³-hybridized carbons (Fsp3) is 0.273. The Hall–Kier alpha value is -2.75. The fourth-order valence-electron chi connectivity index (χ4n) is 3.05. The molecule has 0 unspecified atom stereocenters. The van der Waals surface area contributed by atoms with E-state index in [2.05, 4.69) is 10.3 Å². The molecule has 0 aliphatic carbocycles. The topological polar surface area (TPSA) is 88.6 Å². The number of aromatic nitrogens is 1. The van der Waals surface area contributed by atoms with Gasteiger partial charge in [0, 0.05) is 24.3 Å². The molecule has 1 N–H and O–H groups in total. The predicted molar refractivity (Wildman–Crippen MR) is 123 cm³/mol. The van der Waals surface area contributed by atoms with E-state index in [1.807, 2.05) is 30.3 Å². The summed E-state index contributed by atoms with van der Waals surface area (Å²) in [5.41, 5.74) is 1.30. The van der Waals surface area contributed by atoms with Crippen LogP contribution in [0.25, 0.3) is 10.6 Å². The van der Waals surface area contributed by atoms with Crippen molar-refractivity contribution < 1.29 is 17.9 Å². The summed E-state index contributed by atoms with van der Waals surface area (Å²) in [6, 6.07) is 14.2. The van der Waals surface area contributed by atoms with Crippen LogP contribution in [0, 0.1) is 0 Å². The molecular weight excluding hydrogens is 434 g/mol. The fourth-order valence-corrected chi connectivity index (χ4v) is 5.48. The molecular formula is C22H25N3O4S2. The Balaban J connectivity index is 1.88. The second-order valence-electron chi connectivity index (χ2n) is 6.53. The molecule has 0 saturated heterocycles. The highest BCUT2D eigenvalue weighted by atomic mass is 32.2. The molecule has 0 aliphatic heterocycles. The molecule has 31 heavy (non-hydrogen) atoms. The van der Waals surface area contributed by atoms with Crippen LogP contribution in [0.3, 0.4) is 0 Å². The van der Waals surface area contributed by atoms with Gasteiger partial charge in [0.15, 0.2) is 0 Å². The number of benzene rings is 2. The van der Waals surface area contributed by atoms with Gasteiger partial charge >= 0.3 is 0 Å². The van der Waals surface area contributed by atoms with E-state index in [0.717, 1.165) is 10.6 Å². The van der Waals surface area contributed by atoms with Crippen molar-refractivity contribution in [2.24, 2.45) is 0 Å². The largest absolute Gasteiger partial charge is 0.492 e. The molecule has 1 aromatic heterocycles. The van der Waals surface area contributed by atoms with Crippen molar-refractivity contribution in [1.82, 2.24) is 9.29 Å². The third kappa shape index (κ3) is 5.12. The number of thiazole rings is 1. The average Bonchev–Trinajstić information content (AvgIpc) is 3.27. The lowest BCUT2D eigenvalue weighted by Gasteiger charge is -2.21. The molecule has 0 saturated carbocycles. The number of anilines is 1. The summed E-state index contributed by atoms with van der Waals surface area (Å²) in [5, 5.41) is 3.51. The van der Waals surface area contributed by atoms with Gasteiger partial charge in [-0.25, -0.2) is 13.4 Å². The number of nitrogens with one attached hydrogen (secondary N) is 1. The van der Waals surface area contributed by atoms with Crippen LogP contribution in [0.5, 0.6) is 5.75 Å². The number of nitrogens with zero attached hydrogens (tertiary/aromatic N) is 2. The third-order valence-corrected chi connectivity index (χ3v) is 7.69. The van der Waals surface area contributed by atoms with Gasteiger partial charge in [-0.3, -0.25) is 4.79 Å². The van der Waals surface area contributed by atoms with Crippen LogP contribution in [0.1, 0.15) is 30.4 Å². The van der Waals surface area contributed by atoms with E-state index in [9.17, 15) is 13.2 Å². The molecule has 7 nitrogen and oxygen atoms in total. The zero-order valence-electron chi connectivity index (χ0n) is 17.7. The van der Waals surface area contributed by atoms with Gasteiger partial charge in [-0.05, 0) is 25.1 Å². The van der Waals surface area contributed by atoms with Crippen LogP contribution in [0.15, 0.2) is 59.6 Å². The molecule has 3 aromatic rings. The third-order valence-electron chi connectivity index (χ3n) is 4.57. The van der Waals surface area contributed by atoms with Crippen LogP contribution in [-0.4, -0.2) is 43.3 Å². The molecule has 9 heteroatoms. The van der Waals surface area contributed by atoms with Crippen LogP contribution >= 0.6 is 11.3 Å². The lowest BCUT2D eigenvalue weighted by atomic mass is 10.2. The minimum Gasteiger partial charge on any atom is -0.492 e. The highest BCUT2D eigenvalue weighted by Gasteiger charge is 2.26. The summed E-state index contributed by atoms with van der Waals surface area (Å²) in [7, 11) is -3.76. The Morgan fingerprint density at radius 1 is 1.10 bits per heavy atom. The number of carbonyl (C=O) groups is 1. The molecule has 2 aromatic carbocycles. The van der Waals surface area contributed by atoms with Crippen molar-refractivity contribution in [1.29, 1.82) is 0 Å². The lowest BCUT2D eigenvalue weighted by Crippen LogP contribution is -2.31. The van der Waals surface area contributed by atoms with E-state index in [4.69, 9.17) is 4.74 Å². The molecule has 0 aliphatic rings. The molecule has 0 atom stereocenters. The maximum atomic E-state index is 13.1. The first kappa shape index (κ1) is 22.9. The van der Waals surface area contributed by atoms with Gasteiger partial charge in [-0.15, -0.1) is 11.3 Å². The van der Waals surface area contributed by atoms with Crippen molar-refractivity contribution in [3.8, 4) is 16.3 Å². The van der Waals surface area contributed by atoms with E-state index < -0.39 is 10.0 Å². The molecule has 164 valence electrons. The van der Waals surface area contributed by atoms with Gasteiger partial charge in [-0.1, -0.05) is 44.2 Å². The van der Waals surface area contributed by atoms with E-state index in [0.29, 0.717) is 30.3 Å². The van der Waals surface area contributed by atoms with Gasteiger partial charge in [0.25, 0.3) is 5.91 Å². The monoisotopic (exact) mass is 459 g/mol. The molecule has 0 radical (unpaired) electrons. The summed E-state index contributed by atoms with van der Waals surface area (Å²) in [6.45, 7) is 6.35. The van der Waals surface area contributed by atoms with Gasteiger partial charge in [0.2, 0.25) is 10.0 Å². The van der Waals surface area contributed by atoms with E-state index in [1.54, 1.807) is 32.9 Å². The van der Waals surface area contributed by atoms with Crippen LogP contribution in [0.4, 0.5) is 5.69 Å². The maximum Gasteiger partial charge on any atom is 0.267 e. The van der Waals surface area contributed by atoms with Crippen molar-refractivity contribution >= 4 is 33.0 Å². The number of hydrogen-bond acceptors (Lipinski definition) is 6. The van der Waals surface area contributed by atoms with Crippen molar-refractivity contribution in [3.05, 3.63) is 59.6 Å². The van der Waals surface area contributed by atoms with E-state index >= 15 is 0 Å². The Morgan fingerprint density at radius 3 is 2.45 bits per heavy atom. The molecule has 0 spiro atoms. The first-order chi connectivity index (χ1) is 14.9. The smallest absolute Gasteiger partial charge is 0.267 e. The minimum absolute atomic E-state index is 0.0325. The Bertz CT molecular complexity index is 1140. The zero-order chi connectivity index (χ0) is 22.4. The lowest BCUT2D eigenvalue weighted by molar-refractivity contribution is 0.103. The first-order valence-corrected chi connectivity index (χ1v) is 12.3. The van der Waals surface area contributed by atoms with Crippen LogP contribution < -0.4 is 10.1 Å². The number of rotatable bonds is 9. The van der Waals surface area contributed by atoms with E-state index in [1.165, 1.54) is 27.9 Å². The quantitative estimate of drug-likeness (QED) is 0.509. The number of sulfonamides is 1. The normalized spacial score (nSPS) is 11.5. The summed E-state index contributed by atoms with van der Waals surface area (Å²) in [4.78, 5) is 17.5. The number of carbonyl (C=O) groups excluding carboxylic acids is 1. The standard InChI is InChI=1S/C22H25N3O4S2/c1-4-25(5-2)31(27,28)20-14-17(12-13-18(20)29-6-3)24-21(26)19-15-23-22(30-19)16-10-8-7-9-11-16/h7-15H,4-6H2,1-3H3,(H,24,26). The van der Waals surface area contributed by atoms with Crippen molar-refractivity contribution in [2.75, 3.05) is 25.0 Å². The SMILES string of the molecule is CCOc1ccc(NC(=O)c2cnc(-c3ccccc3)s2)cc1S(=O)(=O)N(CC)CC. The molecule has 0 bridgehead atoms. The number of hydrogen-bond donors (Lipinski definition) is 1. The summed E-state index contributed by atoms with van der Waals surface area (Å²) in [6.07, 6.45) is 1.52. The van der Waals surface area contributed by atoms with Crippen LogP contribution in [0.2, 0.25) is 0 Å². The summed E-state index contributed by atoms with van der Waals surface area (Å²) >= 11 is 1.27. The van der Waals surface area contributed by atoms with Crippen molar-refractivity contribution in [2.45, 2.75) is 25.7 Å². The molecule has 0 fully saturated rings. The first-order valence-electron chi connectivity index (χ1n) is 10.00. The average molecular weight is 460 g/mol. The molecule has 1 heterocycles. The number of ether oxygens (including phenoxy) is 1. The predicted octanol–water partition coefficient (Wildman–Crippen LogP) is 4.49. The Labute approximate surface area is 186 Å². The van der Waals surface area contributed by atoms with Gasteiger partial charge in [0.05, 0.1) is 12.8 Å².